The number of hydrogen-bond acceptors (Lipinski definition) is 4. The molecule has 1 saturated heterocycles. The smallest absolute Gasteiger partial charge is 0.319 e. The van der Waals surface area contributed by atoms with Gasteiger partial charge in [-0.3, -0.25) is 0 Å². The van der Waals surface area contributed by atoms with E-state index in [2.05, 4.69) is 27.7 Å². The Bertz CT molecular complexity index is 798. The molecule has 134 valence electrons. The molecule has 2 N–H and O–H groups in total. The first kappa shape index (κ1) is 17.6. The van der Waals surface area contributed by atoms with Crippen molar-refractivity contribution in [1.29, 1.82) is 5.26 Å². The number of hydrogen-bond donors (Lipinski definition) is 2. The molecule has 1 aliphatic heterocycles. The zero-order chi connectivity index (χ0) is 18.4. The minimum absolute atomic E-state index is 0.227. The number of carbonyl (C=O) groups is 1. The number of nitrogens with zero attached hydrogens (tertiary/aromatic N) is 2. The maximum Gasteiger partial charge on any atom is 0.319 e. The second-order valence-electron chi connectivity index (χ2n) is 6.33. The standard InChI is InChI=1S/C20H22N4O2/c1-26-19-4-2-3-18(11-19)24-10-9-16(14-24)13-22-20(25)23-17-7-5-15(12-21)6-8-17/h2-8,11,16H,9-10,13-14H2,1H3,(H2,22,23,25)/t16-/m0/s1. The molecule has 0 spiro atoms. The molecule has 1 heterocycles. The number of rotatable bonds is 5. The monoisotopic (exact) mass is 350 g/mol. The predicted molar refractivity (Wildman–Crippen MR) is 101 cm³/mol. The maximum atomic E-state index is 12.0. The molecule has 1 fully saturated rings. The van der Waals surface area contributed by atoms with Crippen molar-refractivity contribution < 1.29 is 9.53 Å². The fourth-order valence-corrected chi connectivity index (χ4v) is 3.08. The summed E-state index contributed by atoms with van der Waals surface area (Å²) in [6.45, 7) is 2.50. The summed E-state index contributed by atoms with van der Waals surface area (Å²) < 4.78 is 5.28. The number of nitrogens with one attached hydrogen (secondary N) is 2. The molecule has 6 heteroatoms. The van der Waals surface area contributed by atoms with E-state index >= 15 is 0 Å². The Kier molecular flexibility index (Phi) is 5.59. The molecule has 2 aromatic rings. The van der Waals surface area contributed by atoms with Gasteiger partial charge in [-0.1, -0.05) is 6.07 Å². The summed E-state index contributed by atoms with van der Waals surface area (Å²) in [4.78, 5) is 14.4. The van der Waals surface area contributed by atoms with Crippen LogP contribution in [-0.4, -0.2) is 32.8 Å². The van der Waals surface area contributed by atoms with Crippen molar-refractivity contribution in [2.45, 2.75) is 6.42 Å². The highest BCUT2D eigenvalue weighted by atomic mass is 16.5. The van der Waals surface area contributed by atoms with E-state index in [1.165, 1.54) is 0 Å². The van der Waals surface area contributed by atoms with E-state index in [-0.39, 0.29) is 6.03 Å². The van der Waals surface area contributed by atoms with Crippen molar-refractivity contribution in [3.63, 3.8) is 0 Å². The summed E-state index contributed by atoms with van der Waals surface area (Å²) in [6, 6.07) is 16.7. The lowest BCUT2D eigenvalue weighted by atomic mass is 10.1. The minimum Gasteiger partial charge on any atom is -0.497 e. The van der Waals surface area contributed by atoms with Crippen molar-refractivity contribution in [3.8, 4) is 11.8 Å². The van der Waals surface area contributed by atoms with Crippen molar-refractivity contribution >= 4 is 17.4 Å². The first-order chi connectivity index (χ1) is 12.7. The maximum absolute atomic E-state index is 12.0. The number of anilines is 2. The normalized spacial score (nSPS) is 16.0. The Balaban J connectivity index is 1.46. The van der Waals surface area contributed by atoms with Crippen molar-refractivity contribution in [2.24, 2.45) is 5.92 Å². The van der Waals surface area contributed by atoms with E-state index in [1.807, 2.05) is 18.2 Å². The first-order valence-corrected chi connectivity index (χ1v) is 8.62. The van der Waals surface area contributed by atoms with Gasteiger partial charge in [-0.2, -0.15) is 5.26 Å². The van der Waals surface area contributed by atoms with E-state index in [4.69, 9.17) is 10.00 Å². The van der Waals surface area contributed by atoms with Crippen LogP contribution >= 0.6 is 0 Å². The number of ether oxygens (including phenoxy) is 1. The van der Waals surface area contributed by atoms with Gasteiger partial charge in [0.15, 0.2) is 0 Å². The molecule has 2 aromatic carbocycles. The van der Waals surface area contributed by atoms with E-state index < -0.39 is 0 Å². The summed E-state index contributed by atoms with van der Waals surface area (Å²) >= 11 is 0. The minimum atomic E-state index is -0.227. The molecule has 3 rings (SSSR count). The largest absolute Gasteiger partial charge is 0.497 e. The molecule has 0 bridgehead atoms. The number of nitriles is 1. The SMILES string of the molecule is COc1cccc(N2CC[C@@H](CNC(=O)Nc3ccc(C#N)cc3)C2)c1. The third-order valence-corrected chi connectivity index (χ3v) is 4.53. The van der Waals surface area contributed by atoms with Crippen molar-refractivity contribution in [2.75, 3.05) is 37.0 Å². The first-order valence-electron chi connectivity index (χ1n) is 8.62. The van der Waals surface area contributed by atoms with E-state index in [9.17, 15) is 4.79 Å². The third-order valence-electron chi connectivity index (χ3n) is 4.53. The zero-order valence-electron chi connectivity index (χ0n) is 14.7. The zero-order valence-corrected chi connectivity index (χ0v) is 14.7. The summed E-state index contributed by atoms with van der Waals surface area (Å²) in [5.41, 5.74) is 2.39. The molecule has 0 saturated carbocycles. The molecule has 0 unspecified atom stereocenters. The molecule has 6 nitrogen and oxygen atoms in total. The van der Waals surface area contributed by atoms with Gasteiger partial charge in [-0.05, 0) is 48.7 Å². The lowest BCUT2D eigenvalue weighted by molar-refractivity contribution is 0.250. The highest BCUT2D eigenvalue weighted by molar-refractivity contribution is 5.89. The number of urea groups is 1. The summed E-state index contributed by atoms with van der Waals surface area (Å²) in [5.74, 6) is 1.26. The highest BCUT2D eigenvalue weighted by Gasteiger charge is 2.23. The Morgan fingerprint density at radius 2 is 2.12 bits per heavy atom. The summed E-state index contributed by atoms with van der Waals surface area (Å²) in [6.07, 6.45) is 1.04. The number of carbonyl (C=O) groups excluding carboxylic acids is 1. The van der Waals surface area contributed by atoms with Gasteiger partial charge >= 0.3 is 6.03 Å². The van der Waals surface area contributed by atoms with Crippen LogP contribution in [0.2, 0.25) is 0 Å². The van der Waals surface area contributed by atoms with Crippen LogP contribution in [0, 0.1) is 17.2 Å². The topological polar surface area (TPSA) is 77.4 Å². The molecule has 0 radical (unpaired) electrons. The fraction of sp³-hybridized carbons (Fsp3) is 0.300. The predicted octanol–water partition coefficient (Wildman–Crippen LogP) is 3.21. The molecular weight excluding hydrogens is 328 g/mol. The van der Waals surface area contributed by atoms with Crippen molar-refractivity contribution in [1.82, 2.24) is 5.32 Å². The van der Waals surface area contributed by atoms with Gasteiger partial charge in [0, 0.05) is 37.1 Å². The molecule has 26 heavy (non-hydrogen) atoms. The second-order valence-corrected chi connectivity index (χ2v) is 6.33. The summed E-state index contributed by atoms with van der Waals surface area (Å²) in [7, 11) is 1.67. The molecule has 1 atom stereocenters. The Morgan fingerprint density at radius 3 is 2.85 bits per heavy atom. The van der Waals surface area contributed by atoms with Crippen LogP contribution in [0.25, 0.3) is 0 Å². The molecular formula is C20H22N4O2. The van der Waals surface area contributed by atoms with E-state index in [1.54, 1.807) is 31.4 Å². The van der Waals surface area contributed by atoms with Gasteiger partial charge in [0.05, 0.1) is 18.7 Å². The van der Waals surface area contributed by atoms with Crippen LogP contribution in [0.5, 0.6) is 5.75 Å². The van der Waals surface area contributed by atoms with Gasteiger partial charge in [-0.15, -0.1) is 0 Å². The average Bonchev–Trinajstić information content (AvgIpc) is 3.16. The number of methoxy groups -OCH3 is 1. The molecule has 0 aromatic heterocycles. The second kappa shape index (κ2) is 8.26. The molecule has 2 amide bonds. The lowest BCUT2D eigenvalue weighted by Gasteiger charge is -2.19. The van der Waals surface area contributed by atoms with Gasteiger partial charge in [0.1, 0.15) is 5.75 Å². The van der Waals surface area contributed by atoms with Crippen LogP contribution in [0.1, 0.15) is 12.0 Å². The van der Waals surface area contributed by atoms with Crippen LogP contribution in [0.3, 0.4) is 0 Å². The Hall–Kier alpha value is -3.20. The van der Waals surface area contributed by atoms with Crippen LogP contribution in [0.15, 0.2) is 48.5 Å². The Morgan fingerprint density at radius 1 is 1.31 bits per heavy atom. The fourth-order valence-electron chi connectivity index (χ4n) is 3.08. The quantitative estimate of drug-likeness (QED) is 0.868. The van der Waals surface area contributed by atoms with E-state index in [0.717, 1.165) is 30.9 Å². The number of benzene rings is 2. The lowest BCUT2D eigenvalue weighted by Crippen LogP contribution is -2.34. The molecule has 0 aliphatic carbocycles. The average molecular weight is 350 g/mol. The van der Waals surface area contributed by atoms with Crippen LogP contribution < -0.4 is 20.3 Å². The summed E-state index contributed by atoms with van der Waals surface area (Å²) in [5, 5.41) is 14.5. The number of amides is 2. The van der Waals surface area contributed by atoms with Crippen LogP contribution in [-0.2, 0) is 0 Å². The van der Waals surface area contributed by atoms with E-state index in [0.29, 0.717) is 23.7 Å². The third kappa shape index (κ3) is 4.45. The van der Waals surface area contributed by atoms with Crippen LogP contribution in [0.4, 0.5) is 16.2 Å². The van der Waals surface area contributed by atoms with Gasteiger partial charge < -0.3 is 20.3 Å². The van der Waals surface area contributed by atoms with Crippen molar-refractivity contribution in [3.05, 3.63) is 54.1 Å². The Labute approximate surface area is 153 Å². The highest BCUT2D eigenvalue weighted by Crippen LogP contribution is 2.26. The van der Waals surface area contributed by atoms with Gasteiger partial charge in [0.2, 0.25) is 0 Å². The van der Waals surface area contributed by atoms with Gasteiger partial charge in [0.25, 0.3) is 0 Å². The molecule has 1 aliphatic rings. The van der Waals surface area contributed by atoms with Gasteiger partial charge in [-0.25, -0.2) is 4.79 Å².